The first-order chi connectivity index (χ1) is 11.2. The minimum Gasteiger partial charge on any atom is -0.419 e. The number of hydrogen-bond acceptors (Lipinski definition) is 2. The molecule has 0 aliphatic rings. The molecule has 0 saturated carbocycles. The van der Waals surface area contributed by atoms with Crippen molar-refractivity contribution in [1.82, 2.24) is 0 Å². The number of aryl methyl sites for hydroxylation is 6. The second-order valence-electron chi connectivity index (χ2n) is 7.24. The van der Waals surface area contributed by atoms with Gasteiger partial charge in [-0.3, -0.25) is 0 Å². The lowest BCUT2D eigenvalue weighted by molar-refractivity contribution is 0.619. The molecule has 0 bridgehead atoms. The Morgan fingerprint density at radius 2 is 1.04 bits per heavy atom. The number of hydrogen-bond donors (Lipinski definition) is 0. The quantitative estimate of drug-likeness (QED) is 0.452. The number of rotatable bonds is 1. The monoisotopic (exact) mass is 342 g/mol. The third kappa shape index (κ3) is 2.58. The van der Waals surface area contributed by atoms with Gasteiger partial charge in [-0.05, 0) is 88.8 Å². The van der Waals surface area contributed by atoms with Crippen molar-refractivity contribution >= 4 is 30.0 Å². The Morgan fingerprint density at radius 1 is 0.667 bits per heavy atom. The van der Waals surface area contributed by atoms with Gasteiger partial charge in [0.05, 0.1) is 5.66 Å². The molecule has 3 heteroatoms. The van der Waals surface area contributed by atoms with Crippen LogP contribution in [-0.2, 0) is 0 Å². The maximum atomic E-state index is 6.46. The first-order valence-corrected chi connectivity index (χ1v) is 9.84. The van der Waals surface area contributed by atoms with E-state index in [2.05, 4.69) is 67.5 Å². The molecule has 0 aliphatic heterocycles. The molecule has 2 nitrogen and oxygen atoms in total. The zero-order chi connectivity index (χ0) is 17.8. The van der Waals surface area contributed by atoms with Crippen LogP contribution in [0.4, 0.5) is 0 Å². The average Bonchev–Trinajstić information content (AvgIpc) is 2.68. The minimum atomic E-state index is -1.01. The highest BCUT2D eigenvalue weighted by Crippen LogP contribution is 2.45. The van der Waals surface area contributed by atoms with Gasteiger partial charge in [-0.1, -0.05) is 12.1 Å². The van der Waals surface area contributed by atoms with Crippen molar-refractivity contribution in [3.05, 3.63) is 45.5 Å². The van der Waals surface area contributed by atoms with Crippen LogP contribution in [0.2, 0.25) is 0 Å². The Labute approximate surface area is 145 Å². The van der Waals surface area contributed by atoms with Crippen molar-refractivity contribution in [2.24, 2.45) is 0 Å². The van der Waals surface area contributed by atoms with E-state index in [4.69, 9.17) is 8.39 Å². The summed E-state index contributed by atoms with van der Waals surface area (Å²) in [5.41, 5.74) is 9.90. The molecular weight excluding hydrogens is 315 g/mol. The van der Waals surface area contributed by atoms with Gasteiger partial charge in [-0.2, -0.15) is 0 Å². The van der Waals surface area contributed by atoms with E-state index in [0.29, 0.717) is 5.66 Å². The molecule has 0 saturated heterocycles. The van der Waals surface area contributed by atoms with Gasteiger partial charge in [0.15, 0.2) is 0 Å². The minimum absolute atomic E-state index is 0.334. The van der Waals surface area contributed by atoms with Crippen LogP contribution in [0.5, 0.6) is 0 Å². The van der Waals surface area contributed by atoms with Crippen molar-refractivity contribution < 1.29 is 8.39 Å². The Hall–Kier alpha value is -1.66. The van der Waals surface area contributed by atoms with Gasteiger partial charge >= 0.3 is 0 Å². The number of fused-ring (bicyclic) bond motifs is 3. The van der Waals surface area contributed by atoms with Gasteiger partial charge in [0.2, 0.25) is 8.01 Å². The van der Waals surface area contributed by atoms with Crippen LogP contribution in [0.25, 0.3) is 21.9 Å². The van der Waals surface area contributed by atoms with Gasteiger partial charge in [0.1, 0.15) is 11.2 Å². The van der Waals surface area contributed by atoms with E-state index in [1.165, 1.54) is 44.2 Å². The molecule has 0 unspecified atom stereocenters. The molecule has 0 atom stereocenters. The van der Waals surface area contributed by atoms with Gasteiger partial charge < -0.3 is 8.39 Å². The summed E-state index contributed by atoms with van der Waals surface area (Å²) in [6.45, 7) is 17.4. The van der Waals surface area contributed by atoms with E-state index in [0.717, 1.165) is 11.2 Å². The van der Waals surface area contributed by atoms with Gasteiger partial charge in [0.25, 0.3) is 0 Å². The molecule has 3 aromatic rings. The molecule has 1 aromatic heterocycles. The summed E-state index contributed by atoms with van der Waals surface area (Å²) >= 11 is 0. The van der Waals surface area contributed by atoms with E-state index < -0.39 is 8.01 Å². The van der Waals surface area contributed by atoms with E-state index >= 15 is 0 Å². The van der Waals surface area contributed by atoms with Gasteiger partial charge in [-0.25, -0.2) is 0 Å². The first kappa shape index (κ1) is 17.2. The maximum absolute atomic E-state index is 6.46. The Morgan fingerprint density at radius 3 is 1.38 bits per heavy atom. The lowest BCUT2D eigenvalue weighted by atomic mass is 9.94. The van der Waals surface area contributed by atoms with Crippen LogP contribution in [-0.4, -0.2) is 0 Å². The highest BCUT2D eigenvalue weighted by atomic mass is 31.1. The Balaban J connectivity index is 2.79. The highest BCUT2D eigenvalue weighted by molar-refractivity contribution is 7.37. The fraction of sp³-hybridized carbons (Fsp3) is 0.429. The fourth-order valence-electron chi connectivity index (χ4n) is 3.37. The van der Waals surface area contributed by atoms with Crippen LogP contribution in [0.15, 0.2) is 20.5 Å². The summed E-state index contributed by atoms with van der Waals surface area (Å²) in [5, 5.41) is 2.44. The second-order valence-corrected chi connectivity index (χ2v) is 9.21. The number of benzene rings is 2. The first-order valence-electron chi connectivity index (χ1n) is 8.59. The van der Waals surface area contributed by atoms with Crippen molar-refractivity contribution in [3.63, 3.8) is 0 Å². The third-order valence-electron chi connectivity index (χ3n) is 5.00. The molecule has 0 N–H and O–H groups in total. The normalized spacial score (nSPS) is 11.7. The maximum Gasteiger partial charge on any atom is 0.219 e. The van der Waals surface area contributed by atoms with Crippen molar-refractivity contribution in [3.8, 4) is 0 Å². The molecule has 2 aromatic carbocycles. The van der Waals surface area contributed by atoms with Crippen LogP contribution < -0.4 is 0 Å². The lowest BCUT2D eigenvalue weighted by Gasteiger charge is -2.11. The van der Waals surface area contributed by atoms with Crippen LogP contribution in [0.1, 0.15) is 52.9 Å². The average molecular weight is 342 g/mol. The molecule has 0 radical (unpaired) electrons. The largest absolute Gasteiger partial charge is 0.419 e. The van der Waals surface area contributed by atoms with Crippen molar-refractivity contribution in [2.45, 2.75) is 61.0 Å². The smallest absolute Gasteiger partial charge is 0.219 e. The Kier molecular flexibility index (Phi) is 4.30. The predicted molar refractivity (Wildman–Crippen MR) is 105 cm³/mol. The molecule has 0 fully saturated rings. The summed E-state index contributed by atoms with van der Waals surface area (Å²) in [7, 11) is -1.01. The topological polar surface area (TPSA) is 26.3 Å². The van der Waals surface area contributed by atoms with E-state index in [9.17, 15) is 0 Å². The summed E-state index contributed by atoms with van der Waals surface area (Å²) in [6.07, 6.45) is 0. The highest BCUT2D eigenvalue weighted by Gasteiger charge is 2.17. The molecule has 24 heavy (non-hydrogen) atoms. The van der Waals surface area contributed by atoms with E-state index in [1.807, 2.05) is 0 Å². The molecule has 0 amide bonds. The van der Waals surface area contributed by atoms with Gasteiger partial charge in [-0.15, -0.1) is 0 Å². The van der Waals surface area contributed by atoms with Crippen molar-refractivity contribution in [1.29, 1.82) is 0 Å². The lowest BCUT2D eigenvalue weighted by Crippen LogP contribution is -1.91. The van der Waals surface area contributed by atoms with Crippen LogP contribution >= 0.6 is 8.01 Å². The molecular formula is C21H27O2P. The zero-order valence-electron chi connectivity index (χ0n) is 16.0. The zero-order valence-corrected chi connectivity index (χ0v) is 16.9. The summed E-state index contributed by atoms with van der Waals surface area (Å²) in [4.78, 5) is 0. The predicted octanol–water partition coefficient (Wildman–Crippen LogP) is 7.72. The van der Waals surface area contributed by atoms with Crippen molar-refractivity contribution in [2.75, 3.05) is 0 Å². The summed E-state index contributed by atoms with van der Waals surface area (Å²) in [6, 6.07) is 4.45. The van der Waals surface area contributed by atoms with Crippen LogP contribution in [0.3, 0.4) is 0 Å². The standard InChI is InChI=1S/C21H27O2P/c1-11(2)24-22-20-14(5)9-12(3)16(7)18(20)19-17(8)13(4)10-15(6)21(19)23-24/h9-11H,1-8H3. The SMILES string of the molecule is Cc1cc(C)c2op(C(C)C)oc3c(C)cc(C)c(C)c3c2c1C. The fourth-order valence-corrected chi connectivity index (χ4v) is 4.66. The van der Waals surface area contributed by atoms with Gasteiger partial charge in [0, 0.05) is 10.8 Å². The molecule has 3 rings (SSSR count). The van der Waals surface area contributed by atoms with Crippen LogP contribution in [0, 0.1) is 41.5 Å². The Bertz CT molecular complexity index is 918. The van der Waals surface area contributed by atoms with E-state index in [1.54, 1.807) is 0 Å². The molecule has 128 valence electrons. The third-order valence-corrected chi connectivity index (χ3v) is 6.57. The summed E-state index contributed by atoms with van der Waals surface area (Å²) in [5.74, 6) is 0. The molecule has 0 spiro atoms. The van der Waals surface area contributed by atoms with E-state index in [-0.39, 0.29) is 0 Å². The molecule has 0 aliphatic carbocycles. The summed E-state index contributed by atoms with van der Waals surface area (Å²) < 4.78 is 12.9. The second kappa shape index (κ2) is 6.01. The molecule has 1 heterocycles.